The van der Waals surface area contributed by atoms with Gasteiger partial charge in [-0.1, -0.05) is 77.6 Å². The van der Waals surface area contributed by atoms with Crippen molar-refractivity contribution < 1.29 is 0 Å². The Morgan fingerprint density at radius 1 is 0.314 bits per heavy atom. The predicted molar refractivity (Wildman–Crippen MR) is 159 cm³/mol. The molecule has 5 heteroatoms. The van der Waals surface area contributed by atoms with Gasteiger partial charge in [0.05, 0.1) is 0 Å². The van der Waals surface area contributed by atoms with Crippen molar-refractivity contribution in [2.75, 3.05) is 58.9 Å². The Balaban J connectivity index is 3.00. The number of rotatable bonds is 32. The van der Waals surface area contributed by atoms with E-state index >= 15 is 0 Å². The van der Waals surface area contributed by atoms with Gasteiger partial charge in [0.25, 0.3) is 0 Å². The summed E-state index contributed by atoms with van der Waals surface area (Å²) in [5, 5.41) is 14.3. The summed E-state index contributed by atoms with van der Waals surface area (Å²) in [4.78, 5) is 0. The van der Waals surface area contributed by atoms with Crippen molar-refractivity contribution in [3.63, 3.8) is 0 Å². The van der Waals surface area contributed by atoms with Gasteiger partial charge in [-0.2, -0.15) is 0 Å². The Morgan fingerprint density at radius 3 is 0.829 bits per heavy atom. The maximum atomic E-state index is 5.50. The molecule has 0 atom stereocenters. The van der Waals surface area contributed by atoms with Crippen molar-refractivity contribution in [2.24, 2.45) is 5.73 Å². The number of hydrogen-bond acceptors (Lipinski definition) is 5. The van der Waals surface area contributed by atoms with Crippen LogP contribution < -0.4 is 27.0 Å². The minimum absolute atomic E-state index is 0.818. The van der Waals surface area contributed by atoms with Gasteiger partial charge in [0.1, 0.15) is 0 Å². The number of unbranched alkanes of at least 4 members (excludes halogenated alkanes) is 15. The molecule has 0 heterocycles. The molecule has 5 nitrogen and oxygen atoms in total. The van der Waals surface area contributed by atoms with Gasteiger partial charge >= 0.3 is 0 Å². The molecule has 0 aromatic carbocycles. The molecule has 0 unspecified atom stereocenters. The van der Waals surface area contributed by atoms with E-state index in [4.69, 9.17) is 5.73 Å². The summed E-state index contributed by atoms with van der Waals surface area (Å²) in [6.07, 6.45) is 27.3. The third-order valence-corrected chi connectivity index (χ3v) is 6.89. The highest BCUT2D eigenvalue weighted by Crippen LogP contribution is 2.11. The van der Waals surface area contributed by atoms with Crippen molar-refractivity contribution in [3.05, 3.63) is 0 Å². The van der Waals surface area contributed by atoms with E-state index in [1.54, 1.807) is 0 Å². The maximum absolute atomic E-state index is 5.50. The second kappa shape index (κ2) is 33.8. The summed E-state index contributed by atoms with van der Waals surface area (Å²) in [5.41, 5.74) is 5.50. The smallest absolute Gasteiger partial charge is 0.00484 e. The highest BCUT2D eigenvalue weighted by Gasteiger charge is 1.95. The van der Waals surface area contributed by atoms with Crippen LogP contribution in [-0.2, 0) is 0 Å². The molecule has 0 saturated carbocycles. The van der Waals surface area contributed by atoms with Crippen LogP contribution in [0.3, 0.4) is 0 Å². The molecule has 212 valence electrons. The molecule has 0 bridgehead atoms. The topological polar surface area (TPSA) is 74.1 Å². The average molecular weight is 498 g/mol. The highest BCUT2D eigenvalue weighted by atomic mass is 14.9. The summed E-state index contributed by atoms with van der Waals surface area (Å²) >= 11 is 0. The lowest BCUT2D eigenvalue weighted by molar-refractivity contribution is 0.525. The minimum Gasteiger partial charge on any atom is -0.330 e. The van der Waals surface area contributed by atoms with E-state index in [0.29, 0.717) is 0 Å². The van der Waals surface area contributed by atoms with Crippen molar-refractivity contribution in [2.45, 2.75) is 135 Å². The zero-order valence-electron chi connectivity index (χ0n) is 24.1. The van der Waals surface area contributed by atoms with Crippen LogP contribution >= 0.6 is 0 Å². The van der Waals surface area contributed by atoms with E-state index < -0.39 is 0 Å². The average Bonchev–Trinajstić information content (AvgIpc) is 2.87. The van der Waals surface area contributed by atoms with E-state index in [1.807, 2.05) is 0 Å². The Morgan fingerprint density at radius 2 is 0.543 bits per heavy atom. The van der Waals surface area contributed by atoms with Gasteiger partial charge in [-0.15, -0.1) is 0 Å². The van der Waals surface area contributed by atoms with Crippen molar-refractivity contribution in [1.82, 2.24) is 21.3 Å². The molecule has 6 N–H and O–H groups in total. The molecule has 0 amide bonds. The fraction of sp³-hybridized carbons (Fsp3) is 1.00. The van der Waals surface area contributed by atoms with Crippen LogP contribution in [-0.4, -0.2) is 58.9 Å². The van der Waals surface area contributed by atoms with Gasteiger partial charge in [0, 0.05) is 0 Å². The molecule has 0 aliphatic heterocycles. The van der Waals surface area contributed by atoms with Crippen LogP contribution in [0.15, 0.2) is 0 Å². The first-order valence-electron chi connectivity index (χ1n) is 15.9. The standard InChI is InChI=1S/C30H67N5/c1-2-3-4-5-6-7-8-9-10-11-12-14-23-32-25-16-18-27-34-29-20-21-30-35-28-19-17-26-33-24-15-13-22-31/h32-35H,2-31H2,1H3. The zero-order valence-corrected chi connectivity index (χ0v) is 24.1. The van der Waals surface area contributed by atoms with Crippen molar-refractivity contribution in [3.8, 4) is 0 Å². The molecule has 0 radical (unpaired) electrons. The van der Waals surface area contributed by atoms with E-state index in [2.05, 4.69) is 28.2 Å². The van der Waals surface area contributed by atoms with Gasteiger partial charge in [-0.3, -0.25) is 0 Å². The Hall–Kier alpha value is -0.200. The Kier molecular flexibility index (Phi) is 33.6. The lowest BCUT2D eigenvalue weighted by Crippen LogP contribution is -2.22. The van der Waals surface area contributed by atoms with Crippen LogP contribution in [0.4, 0.5) is 0 Å². The fourth-order valence-electron chi connectivity index (χ4n) is 4.49. The Labute approximate surface area is 221 Å². The van der Waals surface area contributed by atoms with Crippen LogP contribution in [0.1, 0.15) is 135 Å². The van der Waals surface area contributed by atoms with Crippen molar-refractivity contribution >= 4 is 0 Å². The normalized spacial score (nSPS) is 11.5. The quantitative estimate of drug-likeness (QED) is 0.0723. The molecular formula is C30H67N5. The van der Waals surface area contributed by atoms with Crippen molar-refractivity contribution in [1.29, 1.82) is 0 Å². The molecule has 0 aromatic heterocycles. The largest absolute Gasteiger partial charge is 0.330 e. The molecule has 0 aromatic rings. The monoisotopic (exact) mass is 498 g/mol. The van der Waals surface area contributed by atoms with E-state index in [-0.39, 0.29) is 0 Å². The van der Waals surface area contributed by atoms with Gasteiger partial charge in [0.2, 0.25) is 0 Å². The van der Waals surface area contributed by atoms with E-state index in [1.165, 1.54) is 148 Å². The summed E-state index contributed by atoms with van der Waals surface area (Å²) in [6, 6.07) is 0. The van der Waals surface area contributed by atoms with Crippen LogP contribution in [0.2, 0.25) is 0 Å². The first kappa shape index (κ1) is 34.8. The van der Waals surface area contributed by atoms with Gasteiger partial charge in [0.15, 0.2) is 0 Å². The minimum atomic E-state index is 0.818. The van der Waals surface area contributed by atoms with E-state index in [9.17, 15) is 0 Å². The number of nitrogens with two attached hydrogens (primary N) is 1. The molecule has 0 aliphatic rings. The fourth-order valence-corrected chi connectivity index (χ4v) is 4.49. The molecule has 0 fully saturated rings. The molecular weight excluding hydrogens is 430 g/mol. The molecule has 35 heavy (non-hydrogen) atoms. The third kappa shape index (κ3) is 33.8. The van der Waals surface area contributed by atoms with Crippen LogP contribution in [0, 0.1) is 0 Å². The lowest BCUT2D eigenvalue weighted by atomic mass is 10.1. The van der Waals surface area contributed by atoms with Gasteiger partial charge in [-0.05, 0) is 117 Å². The maximum Gasteiger partial charge on any atom is -0.00484 e. The second-order valence-corrected chi connectivity index (χ2v) is 10.5. The molecule has 0 rings (SSSR count). The molecule has 0 saturated heterocycles. The summed E-state index contributed by atoms with van der Waals surface area (Å²) in [7, 11) is 0. The Bertz CT molecular complexity index is 322. The van der Waals surface area contributed by atoms with Crippen LogP contribution in [0.5, 0.6) is 0 Å². The number of hydrogen-bond donors (Lipinski definition) is 5. The predicted octanol–water partition coefficient (Wildman–Crippen LogP) is 6.13. The van der Waals surface area contributed by atoms with Crippen LogP contribution in [0.25, 0.3) is 0 Å². The second-order valence-electron chi connectivity index (χ2n) is 10.5. The van der Waals surface area contributed by atoms with Gasteiger partial charge < -0.3 is 27.0 Å². The highest BCUT2D eigenvalue weighted by molar-refractivity contribution is 4.56. The lowest BCUT2D eigenvalue weighted by Gasteiger charge is -2.08. The summed E-state index contributed by atoms with van der Waals surface area (Å²) < 4.78 is 0. The summed E-state index contributed by atoms with van der Waals surface area (Å²) in [5.74, 6) is 0. The zero-order chi connectivity index (χ0) is 25.3. The number of nitrogens with one attached hydrogen (secondary N) is 4. The van der Waals surface area contributed by atoms with Gasteiger partial charge in [-0.25, -0.2) is 0 Å². The van der Waals surface area contributed by atoms with E-state index in [0.717, 1.165) is 39.1 Å². The summed E-state index contributed by atoms with van der Waals surface area (Å²) in [6.45, 7) is 12.4. The first-order valence-corrected chi connectivity index (χ1v) is 15.9. The first-order chi connectivity index (χ1) is 17.4. The third-order valence-electron chi connectivity index (χ3n) is 6.89. The SMILES string of the molecule is CCCCCCCCCCCCCCNCCCCNCCCCNCCCCNCCCCN. The molecule has 0 aliphatic carbocycles. The molecule has 0 spiro atoms.